The average molecular weight is 249 g/mol. The van der Waals surface area contributed by atoms with E-state index in [0.29, 0.717) is 11.6 Å². The summed E-state index contributed by atoms with van der Waals surface area (Å²) in [4.78, 5) is 0. The van der Waals surface area contributed by atoms with Crippen molar-refractivity contribution in [3.05, 3.63) is 29.6 Å². The molecule has 3 rings (SSSR count). The van der Waals surface area contributed by atoms with Gasteiger partial charge in [0.1, 0.15) is 11.6 Å². The summed E-state index contributed by atoms with van der Waals surface area (Å²) >= 11 is 0. The Morgan fingerprint density at radius 2 is 2.17 bits per heavy atom. The van der Waals surface area contributed by atoms with E-state index in [1.54, 1.807) is 0 Å². The highest BCUT2D eigenvalue weighted by Gasteiger charge is 2.39. The Morgan fingerprint density at radius 1 is 1.33 bits per heavy atom. The second-order valence-corrected chi connectivity index (χ2v) is 5.87. The molecule has 2 N–H and O–H groups in total. The van der Waals surface area contributed by atoms with Gasteiger partial charge in [-0.3, -0.25) is 0 Å². The molecule has 0 radical (unpaired) electrons. The van der Waals surface area contributed by atoms with Gasteiger partial charge in [-0.1, -0.05) is 6.42 Å². The zero-order valence-electron chi connectivity index (χ0n) is 10.7. The van der Waals surface area contributed by atoms with Gasteiger partial charge in [0.15, 0.2) is 0 Å². The van der Waals surface area contributed by atoms with Crippen molar-refractivity contribution in [1.29, 1.82) is 0 Å². The van der Waals surface area contributed by atoms with Crippen LogP contribution in [0.3, 0.4) is 0 Å². The Hall–Kier alpha value is -1.09. The maximum absolute atomic E-state index is 13.2. The number of hydrogen-bond acceptors (Lipinski definition) is 2. The number of phenols is 1. The van der Waals surface area contributed by atoms with E-state index < -0.39 is 0 Å². The number of benzene rings is 1. The van der Waals surface area contributed by atoms with Crippen molar-refractivity contribution in [2.45, 2.75) is 44.7 Å². The summed E-state index contributed by atoms with van der Waals surface area (Å²) in [7, 11) is 0. The van der Waals surface area contributed by atoms with Crippen LogP contribution in [0.2, 0.25) is 0 Å². The number of hydrogen-bond donors (Lipinski definition) is 2. The molecule has 4 unspecified atom stereocenters. The first-order valence-electron chi connectivity index (χ1n) is 6.88. The third-order valence-corrected chi connectivity index (χ3v) is 4.66. The SMILES string of the molecule is CC(NC1CC2CCC1C2)c1cc(F)ccc1O. The molecular formula is C15H20FNO. The molecule has 0 spiro atoms. The van der Waals surface area contributed by atoms with E-state index in [1.165, 1.54) is 43.9 Å². The van der Waals surface area contributed by atoms with Crippen LogP contribution in [-0.4, -0.2) is 11.1 Å². The molecular weight excluding hydrogens is 229 g/mol. The number of halogens is 1. The Bertz CT molecular complexity index is 448. The lowest BCUT2D eigenvalue weighted by molar-refractivity contribution is 0.323. The van der Waals surface area contributed by atoms with Crippen LogP contribution in [0.1, 0.15) is 44.2 Å². The molecule has 0 aromatic heterocycles. The van der Waals surface area contributed by atoms with Gasteiger partial charge in [0.25, 0.3) is 0 Å². The largest absolute Gasteiger partial charge is 0.508 e. The maximum Gasteiger partial charge on any atom is 0.123 e. The third kappa shape index (κ3) is 2.12. The van der Waals surface area contributed by atoms with Gasteiger partial charge in [0.05, 0.1) is 0 Å². The summed E-state index contributed by atoms with van der Waals surface area (Å²) in [6, 6.07) is 4.71. The molecule has 1 aromatic rings. The molecule has 98 valence electrons. The molecule has 2 aliphatic rings. The van der Waals surface area contributed by atoms with E-state index in [4.69, 9.17) is 0 Å². The van der Waals surface area contributed by atoms with E-state index in [-0.39, 0.29) is 17.6 Å². The van der Waals surface area contributed by atoms with Gasteiger partial charge in [-0.25, -0.2) is 4.39 Å². The van der Waals surface area contributed by atoms with Gasteiger partial charge in [-0.05, 0) is 56.2 Å². The van der Waals surface area contributed by atoms with Crippen molar-refractivity contribution in [3.8, 4) is 5.75 Å². The molecule has 18 heavy (non-hydrogen) atoms. The van der Waals surface area contributed by atoms with Crippen LogP contribution in [0, 0.1) is 17.7 Å². The second-order valence-electron chi connectivity index (χ2n) is 5.87. The summed E-state index contributed by atoms with van der Waals surface area (Å²) in [5.74, 6) is 1.57. The second kappa shape index (κ2) is 4.54. The number of phenolic OH excluding ortho intramolecular Hbond substituents is 1. The van der Waals surface area contributed by atoms with Crippen LogP contribution >= 0.6 is 0 Å². The molecule has 2 fully saturated rings. The summed E-state index contributed by atoms with van der Waals surface area (Å²) in [6.45, 7) is 2.00. The van der Waals surface area contributed by atoms with E-state index in [9.17, 15) is 9.50 Å². The Morgan fingerprint density at radius 3 is 2.83 bits per heavy atom. The van der Waals surface area contributed by atoms with Gasteiger partial charge >= 0.3 is 0 Å². The lowest BCUT2D eigenvalue weighted by Crippen LogP contribution is -2.35. The summed E-state index contributed by atoms with van der Waals surface area (Å²) in [5.41, 5.74) is 0.665. The normalized spacial score (nSPS) is 31.8. The van der Waals surface area contributed by atoms with Crippen LogP contribution in [0.4, 0.5) is 4.39 Å². The highest BCUT2D eigenvalue weighted by atomic mass is 19.1. The van der Waals surface area contributed by atoms with E-state index >= 15 is 0 Å². The summed E-state index contributed by atoms with van der Waals surface area (Å²) in [6.07, 6.45) is 5.29. The number of rotatable bonds is 3. The van der Waals surface area contributed by atoms with E-state index in [2.05, 4.69) is 5.32 Å². The quantitative estimate of drug-likeness (QED) is 0.860. The molecule has 1 aromatic carbocycles. The highest BCUT2D eigenvalue weighted by molar-refractivity contribution is 5.35. The number of aromatic hydroxyl groups is 1. The van der Waals surface area contributed by atoms with Crippen molar-refractivity contribution >= 4 is 0 Å². The minimum absolute atomic E-state index is 0.00468. The molecule has 2 aliphatic carbocycles. The predicted molar refractivity (Wildman–Crippen MR) is 68.9 cm³/mol. The first kappa shape index (κ1) is 12.0. The minimum Gasteiger partial charge on any atom is -0.508 e. The smallest absolute Gasteiger partial charge is 0.123 e. The fourth-order valence-corrected chi connectivity index (χ4v) is 3.73. The van der Waals surface area contributed by atoms with Gasteiger partial charge in [0, 0.05) is 17.6 Å². The van der Waals surface area contributed by atoms with Gasteiger partial charge < -0.3 is 10.4 Å². The summed E-state index contributed by atoms with van der Waals surface area (Å²) < 4.78 is 13.2. The van der Waals surface area contributed by atoms with Crippen LogP contribution in [0.5, 0.6) is 5.75 Å². The summed E-state index contributed by atoms with van der Waals surface area (Å²) in [5, 5.41) is 13.4. The first-order valence-corrected chi connectivity index (χ1v) is 6.88. The van der Waals surface area contributed by atoms with E-state index in [1.807, 2.05) is 6.92 Å². The van der Waals surface area contributed by atoms with Crippen LogP contribution in [0.15, 0.2) is 18.2 Å². The van der Waals surface area contributed by atoms with Crippen molar-refractivity contribution in [1.82, 2.24) is 5.32 Å². The molecule has 2 saturated carbocycles. The fraction of sp³-hybridized carbons (Fsp3) is 0.600. The van der Waals surface area contributed by atoms with Crippen molar-refractivity contribution < 1.29 is 9.50 Å². The van der Waals surface area contributed by atoms with Crippen LogP contribution in [0.25, 0.3) is 0 Å². The first-order chi connectivity index (χ1) is 8.63. The van der Waals surface area contributed by atoms with Crippen molar-refractivity contribution in [2.24, 2.45) is 11.8 Å². The Kier molecular flexibility index (Phi) is 3.02. The molecule has 3 heteroatoms. The Balaban J connectivity index is 1.71. The standard InChI is InChI=1S/C15H20FNO/c1-9(13-8-12(16)4-5-15(13)18)17-14-7-10-2-3-11(14)6-10/h4-5,8-11,14,17-18H,2-3,6-7H2,1H3. The van der Waals surface area contributed by atoms with E-state index in [0.717, 1.165) is 11.8 Å². The molecule has 4 atom stereocenters. The molecule has 2 nitrogen and oxygen atoms in total. The number of nitrogens with one attached hydrogen (secondary N) is 1. The zero-order chi connectivity index (χ0) is 12.7. The molecule has 0 aliphatic heterocycles. The molecule has 0 amide bonds. The topological polar surface area (TPSA) is 32.3 Å². The maximum atomic E-state index is 13.2. The molecule has 2 bridgehead atoms. The van der Waals surface area contributed by atoms with Crippen LogP contribution in [-0.2, 0) is 0 Å². The minimum atomic E-state index is -0.288. The monoisotopic (exact) mass is 249 g/mol. The lowest BCUT2D eigenvalue weighted by Gasteiger charge is -2.27. The van der Waals surface area contributed by atoms with Gasteiger partial charge in [0.2, 0.25) is 0 Å². The Labute approximate surface area is 107 Å². The fourth-order valence-electron chi connectivity index (χ4n) is 3.73. The number of fused-ring (bicyclic) bond motifs is 2. The van der Waals surface area contributed by atoms with Crippen molar-refractivity contribution in [2.75, 3.05) is 0 Å². The van der Waals surface area contributed by atoms with Crippen molar-refractivity contribution in [3.63, 3.8) is 0 Å². The predicted octanol–water partition coefficient (Wildman–Crippen LogP) is 3.37. The molecule has 0 saturated heterocycles. The van der Waals surface area contributed by atoms with Gasteiger partial charge in [-0.2, -0.15) is 0 Å². The van der Waals surface area contributed by atoms with Crippen LogP contribution < -0.4 is 5.32 Å². The lowest BCUT2D eigenvalue weighted by atomic mass is 9.94. The zero-order valence-corrected chi connectivity index (χ0v) is 10.7. The average Bonchev–Trinajstić information content (AvgIpc) is 2.94. The third-order valence-electron chi connectivity index (χ3n) is 4.66. The highest BCUT2D eigenvalue weighted by Crippen LogP contribution is 2.45. The molecule has 0 heterocycles. The van der Waals surface area contributed by atoms with Gasteiger partial charge in [-0.15, -0.1) is 0 Å².